The molecule has 0 amide bonds. The predicted molar refractivity (Wildman–Crippen MR) is 139 cm³/mol. The number of aliphatic hydroxyl groups excluding tert-OH is 1. The molecule has 2 heterocycles. The first-order chi connectivity index (χ1) is 17.7. The summed E-state index contributed by atoms with van der Waals surface area (Å²) in [6.07, 6.45) is 0.193. The molecule has 0 radical (unpaired) electrons. The number of nitrogens with zero attached hydrogens (tertiary/aromatic N) is 1. The van der Waals surface area contributed by atoms with Crippen molar-refractivity contribution < 1.29 is 27.8 Å². The number of carbonyl (C=O) groups excluding carboxylic acids is 1. The number of aliphatic hydroxyl groups is 1. The summed E-state index contributed by atoms with van der Waals surface area (Å²) in [5.41, 5.74) is 3.74. The third kappa shape index (κ3) is 4.30. The zero-order valence-corrected chi connectivity index (χ0v) is 21.7. The second kappa shape index (κ2) is 9.68. The number of benzene rings is 3. The molecule has 2 aliphatic rings. The Kier molecular flexibility index (Phi) is 6.56. The maximum atomic E-state index is 14.3. The minimum atomic E-state index is -4.06. The fourth-order valence-corrected chi connectivity index (χ4v) is 6.98. The van der Waals surface area contributed by atoms with Crippen LogP contribution in [-0.2, 0) is 24.3 Å². The Balaban J connectivity index is 1.78. The van der Waals surface area contributed by atoms with Crippen molar-refractivity contribution in [3.05, 3.63) is 107 Å². The Labute approximate surface area is 217 Å². The van der Waals surface area contributed by atoms with Crippen LogP contribution in [0.25, 0.3) is 0 Å². The lowest BCUT2D eigenvalue weighted by Crippen LogP contribution is -2.50. The third-order valence-electron chi connectivity index (χ3n) is 7.03. The van der Waals surface area contributed by atoms with Crippen molar-refractivity contribution in [3.8, 4) is 0 Å². The highest BCUT2D eigenvalue weighted by atomic mass is 32.2. The average Bonchev–Trinajstić information content (AvgIpc) is 2.88. The van der Waals surface area contributed by atoms with Gasteiger partial charge in [0.05, 0.1) is 29.1 Å². The maximum absolute atomic E-state index is 14.3. The van der Waals surface area contributed by atoms with Crippen LogP contribution in [0.5, 0.6) is 0 Å². The normalized spacial score (nSPS) is 22.8. The Morgan fingerprint density at radius 3 is 2.30 bits per heavy atom. The number of allylic oxidation sites excluding steroid dienone is 1. The molecule has 0 saturated carbocycles. The molecule has 0 spiro atoms. The van der Waals surface area contributed by atoms with Crippen molar-refractivity contribution >= 4 is 21.7 Å². The second-order valence-electron chi connectivity index (χ2n) is 9.34. The van der Waals surface area contributed by atoms with Gasteiger partial charge < -0.3 is 14.6 Å². The first kappa shape index (κ1) is 25.0. The van der Waals surface area contributed by atoms with E-state index in [1.807, 2.05) is 50.2 Å². The summed E-state index contributed by atoms with van der Waals surface area (Å²) in [6, 6.07) is 20.7. The molecule has 1 N–H and O–H groups in total. The van der Waals surface area contributed by atoms with Gasteiger partial charge in [0, 0.05) is 5.92 Å². The summed E-state index contributed by atoms with van der Waals surface area (Å²) < 4.78 is 40.8. The van der Waals surface area contributed by atoms with E-state index < -0.39 is 40.2 Å². The van der Waals surface area contributed by atoms with Crippen molar-refractivity contribution in [2.45, 2.75) is 43.9 Å². The van der Waals surface area contributed by atoms with Gasteiger partial charge in [0.15, 0.2) is 0 Å². The van der Waals surface area contributed by atoms with Crippen molar-refractivity contribution in [2.75, 3.05) is 10.9 Å². The van der Waals surface area contributed by atoms with E-state index in [0.29, 0.717) is 11.3 Å². The summed E-state index contributed by atoms with van der Waals surface area (Å²) in [5.74, 6) is -1.97. The van der Waals surface area contributed by atoms with E-state index in [1.54, 1.807) is 49.4 Å². The van der Waals surface area contributed by atoms with E-state index in [4.69, 9.17) is 9.47 Å². The number of fused-ring (bicyclic) bond motifs is 3. The molecular weight excluding hydrogens is 490 g/mol. The van der Waals surface area contributed by atoms with Crippen LogP contribution in [0.3, 0.4) is 0 Å². The SMILES string of the molecule is CCOC(=O)C1=C[C@@H]2c3ccccc3N(S(=O)(=O)c3ccc(C)cc3)[C@H](c3ccccc3C)[C@H]2[C@@H](O)O1. The first-order valence-corrected chi connectivity index (χ1v) is 13.7. The van der Waals surface area contributed by atoms with Crippen LogP contribution >= 0.6 is 0 Å². The first-order valence-electron chi connectivity index (χ1n) is 12.2. The molecule has 0 fully saturated rings. The Morgan fingerprint density at radius 1 is 0.973 bits per heavy atom. The molecule has 37 heavy (non-hydrogen) atoms. The van der Waals surface area contributed by atoms with Gasteiger partial charge in [-0.25, -0.2) is 13.2 Å². The van der Waals surface area contributed by atoms with Gasteiger partial charge in [0.25, 0.3) is 10.0 Å². The minimum absolute atomic E-state index is 0.0798. The molecule has 0 unspecified atom stereocenters. The number of esters is 1. The van der Waals surface area contributed by atoms with Gasteiger partial charge in [-0.1, -0.05) is 60.2 Å². The number of para-hydroxylation sites is 1. The summed E-state index contributed by atoms with van der Waals surface area (Å²) in [7, 11) is -4.06. The van der Waals surface area contributed by atoms with Crippen molar-refractivity contribution in [1.29, 1.82) is 0 Å². The van der Waals surface area contributed by atoms with E-state index in [-0.39, 0.29) is 17.3 Å². The summed E-state index contributed by atoms with van der Waals surface area (Å²) in [4.78, 5) is 12.7. The van der Waals surface area contributed by atoms with Crippen LogP contribution in [0, 0.1) is 19.8 Å². The molecule has 4 atom stereocenters. The molecule has 8 heteroatoms. The van der Waals surface area contributed by atoms with Gasteiger partial charge in [-0.3, -0.25) is 4.31 Å². The quantitative estimate of drug-likeness (QED) is 0.489. The average molecular weight is 520 g/mol. The van der Waals surface area contributed by atoms with Crippen LogP contribution in [0.1, 0.15) is 41.1 Å². The number of rotatable bonds is 5. The number of ether oxygens (including phenoxy) is 2. The van der Waals surface area contributed by atoms with E-state index >= 15 is 0 Å². The highest BCUT2D eigenvalue weighted by Crippen LogP contribution is 2.54. The van der Waals surface area contributed by atoms with Crippen LogP contribution in [0.2, 0.25) is 0 Å². The molecule has 2 aliphatic heterocycles. The highest BCUT2D eigenvalue weighted by molar-refractivity contribution is 7.92. The van der Waals surface area contributed by atoms with Crippen molar-refractivity contribution in [3.63, 3.8) is 0 Å². The van der Waals surface area contributed by atoms with Gasteiger partial charge in [-0.15, -0.1) is 0 Å². The Hall–Kier alpha value is -3.62. The molecule has 0 aliphatic carbocycles. The molecule has 0 saturated heterocycles. The van der Waals surface area contributed by atoms with Gasteiger partial charge in [-0.05, 0) is 61.7 Å². The number of aryl methyl sites for hydroxylation is 2. The smallest absolute Gasteiger partial charge is 0.373 e. The molecule has 192 valence electrons. The largest absolute Gasteiger partial charge is 0.460 e. The molecule has 0 aromatic heterocycles. The fourth-order valence-electron chi connectivity index (χ4n) is 5.30. The summed E-state index contributed by atoms with van der Waals surface area (Å²) in [5, 5.41) is 11.3. The molecule has 3 aromatic carbocycles. The van der Waals surface area contributed by atoms with Gasteiger partial charge in [0.2, 0.25) is 12.0 Å². The Morgan fingerprint density at radius 2 is 1.62 bits per heavy atom. The number of hydrogen-bond donors (Lipinski definition) is 1. The van der Waals surface area contributed by atoms with Gasteiger partial charge in [0.1, 0.15) is 0 Å². The maximum Gasteiger partial charge on any atom is 0.373 e. The lowest BCUT2D eigenvalue weighted by molar-refractivity contribution is -0.161. The van der Waals surface area contributed by atoms with Crippen molar-refractivity contribution in [2.24, 2.45) is 5.92 Å². The summed E-state index contributed by atoms with van der Waals surface area (Å²) >= 11 is 0. The molecular formula is C29H29NO6S. The number of hydrogen-bond acceptors (Lipinski definition) is 6. The van der Waals surface area contributed by atoms with E-state index in [1.165, 1.54) is 4.31 Å². The van der Waals surface area contributed by atoms with E-state index in [2.05, 4.69) is 0 Å². The second-order valence-corrected chi connectivity index (χ2v) is 11.2. The standard InChI is InChI=1S/C29H29NO6S/c1-4-35-28(31)25-17-23-22-11-7-8-12-24(22)30(37(33,34)20-15-13-18(2)14-16-20)27(26(23)29(32)36-25)21-10-6-5-9-19(21)3/h5-17,23,26-27,29,32H,4H2,1-3H3/t23-,26+,27-,29+/m1/s1. The van der Waals surface area contributed by atoms with E-state index in [9.17, 15) is 18.3 Å². The van der Waals surface area contributed by atoms with Crippen LogP contribution in [-0.4, -0.2) is 32.4 Å². The predicted octanol–water partition coefficient (Wildman–Crippen LogP) is 4.75. The zero-order valence-electron chi connectivity index (χ0n) is 20.9. The van der Waals surface area contributed by atoms with Crippen LogP contribution < -0.4 is 4.31 Å². The highest BCUT2D eigenvalue weighted by Gasteiger charge is 2.52. The molecule has 0 bridgehead atoms. The van der Waals surface area contributed by atoms with Gasteiger partial charge in [-0.2, -0.15) is 0 Å². The monoisotopic (exact) mass is 519 g/mol. The lowest BCUT2D eigenvalue weighted by Gasteiger charge is -2.49. The van der Waals surface area contributed by atoms with E-state index in [0.717, 1.165) is 16.7 Å². The fraction of sp³-hybridized carbons (Fsp3) is 0.276. The molecule has 3 aromatic rings. The molecule has 5 rings (SSSR count). The van der Waals surface area contributed by atoms with Crippen LogP contribution in [0.15, 0.2) is 89.5 Å². The van der Waals surface area contributed by atoms with Gasteiger partial charge >= 0.3 is 5.97 Å². The number of carbonyl (C=O) groups is 1. The number of sulfonamides is 1. The topological polar surface area (TPSA) is 93.1 Å². The third-order valence-corrected chi connectivity index (χ3v) is 8.84. The van der Waals surface area contributed by atoms with Crippen LogP contribution in [0.4, 0.5) is 5.69 Å². The van der Waals surface area contributed by atoms with Crippen molar-refractivity contribution in [1.82, 2.24) is 0 Å². The number of anilines is 1. The minimum Gasteiger partial charge on any atom is -0.460 e. The zero-order chi connectivity index (χ0) is 26.3. The summed E-state index contributed by atoms with van der Waals surface area (Å²) in [6.45, 7) is 5.67. The lowest BCUT2D eigenvalue weighted by atomic mass is 9.73. The molecule has 7 nitrogen and oxygen atoms in total. The Bertz CT molecular complexity index is 1460.